The van der Waals surface area contributed by atoms with Gasteiger partial charge in [-0.25, -0.2) is 0 Å². The second-order valence-corrected chi connectivity index (χ2v) is 6.94. The number of nitro groups is 1. The number of rotatable bonds is 9. The molecule has 1 N–H and O–H groups in total. The van der Waals surface area contributed by atoms with Crippen LogP contribution in [0.5, 0.6) is 5.75 Å². The highest BCUT2D eigenvalue weighted by Crippen LogP contribution is 2.44. The lowest BCUT2D eigenvalue weighted by Gasteiger charge is -2.17. The van der Waals surface area contributed by atoms with Crippen molar-refractivity contribution in [3.8, 4) is 5.75 Å². The van der Waals surface area contributed by atoms with E-state index in [-0.39, 0.29) is 17.5 Å². The van der Waals surface area contributed by atoms with E-state index in [1.54, 1.807) is 19.2 Å². The van der Waals surface area contributed by atoms with Crippen LogP contribution in [0.15, 0.2) is 48.5 Å². The second kappa shape index (κ2) is 8.66. The van der Waals surface area contributed by atoms with Crippen LogP contribution in [-0.4, -0.2) is 24.5 Å². The minimum absolute atomic E-state index is 0.0460. The van der Waals surface area contributed by atoms with Gasteiger partial charge in [-0.05, 0) is 54.4 Å². The SMILES string of the molecule is COc1ccc(C(CC(=O)NCCc2ccc([N+](=O)[O-])cc2)C2CC2)cc1. The third-order valence-electron chi connectivity index (χ3n) is 5.02. The van der Waals surface area contributed by atoms with E-state index in [1.165, 1.54) is 30.5 Å². The fraction of sp³-hybridized carbons (Fsp3) is 0.381. The zero-order chi connectivity index (χ0) is 19.2. The number of carbonyl (C=O) groups excluding carboxylic acids is 1. The smallest absolute Gasteiger partial charge is 0.269 e. The van der Waals surface area contributed by atoms with E-state index >= 15 is 0 Å². The summed E-state index contributed by atoms with van der Waals surface area (Å²) in [7, 11) is 1.64. The normalized spacial score (nSPS) is 14.4. The molecule has 0 bridgehead atoms. The lowest BCUT2D eigenvalue weighted by Crippen LogP contribution is -2.27. The second-order valence-electron chi connectivity index (χ2n) is 6.94. The maximum Gasteiger partial charge on any atom is 0.269 e. The van der Waals surface area contributed by atoms with E-state index in [2.05, 4.69) is 5.32 Å². The molecule has 142 valence electrons. The van der Waals surface area contributed by atoms with Crippen molar-refractivity contribution >= 4 is 11.6 Å². The molecule has 3 rings (SSSR count). The lowest BCUT2D eigenvalue weighted by atomic mass is 9.90. The molecule has 1 saturated carbocycles. The third-order valence-corrected chi connectivity index (χ3v) is 5.02. The molecule has 1 aliphatic rings. The number of methoxy groups -OCH3 is 1. The highest BCUT2D eigenvalue weighted by atomic mass is 16.6. The van der Waals surface area contributed by atoms with Gasteiger partial charge in [0.15, 0.2) is 0 Å². The Kier molecular flexibility index (Phi) is 6.06. The molecule has 0 aliphatic heterocycles. The summed E-state index contributed by atoms with van der Waals surface area (Å²) in [6.45, 7) is 0.524. The Morgan fingerprint density at radius 2 is 1.85 bits per heavy atom. The molecular weight excluding hydrogens is 344 g/mol. The van der Waals surface area contributed by atoms with Crippen molar-refractivity contribution in [2.75, 3.05) is 13.7 Å². The van der Waals surface area contributed by atoms with Crippen molar-refractivity contribution in [1.82, 2.24) is 5.32 Å². The maximum atomic E-state index is 12.4. The van der Waals surface area contributed by atoms with Crippen LogP contribution in [0.3, 0.4) is 0 Å². The van der Waals surface area contributed by atoms with E-state index in [0.29, 0.717) is 25.3 Å². The summed E-state index contributed by atoms with van der Waals surface area (Å²) in [6, 6.07) is 14.4. The number of benzene rings is 2. The van der Waals surface area contributed by atoms with E-state index in [1.807, 2.05) is 24.3 Å². The molecular formula is C21H24N2O4. The average molecular weight is 368 g/mol. The Morgan fingerprint density at radius 3 is 2.41 bits per heavy atom. The standard InChI is InChI=1S/C21H24N2O4/c1-27-19-10-6-17(7-11-19)20(16-4-5-16)14-21(24)22-13-12-15-2-8-18(9-3-15)23(25)26/h2-3,6-11,16,20H,4-5,12-14H2,1H3,(H,22,24). The number of ether oxygens (including phenoxy) is 1. The van der Waals surface area contributed by atoms with Crippen molar-refractivity contribution in [2.45, 2.75) is 31.6 Å². The molecule has 2 aromatic rings. The molecule has 0 heterocycles. The van der Waals surface area contributed by atoms with Crippen LogP contribution >= 0.6 is 0 Å². The van der Waals surface area contributed by atoms with Gasteiger partial charge in [0.2, 0.25) is 5.91 Å². The highest BCUT2D eigenvalue weighted by Gasteiger charge is 2.33. The summed E-state index contributed by atoms with van der Waals surface area (Å²) in [6.07, 6.45) is 3.48. The van der Waals surface area contributed by atoms with Crippen molar-refractivity contribution in [1.29, 1.82) is 0 Å². The summed E-state index contributed by atoms with van der Waals surface area (Å²) in [5.41, 5.74) is 2.23. The number of nitro benzene ring substituents is 1. The van der Waals surface area contributed by atoms with Gasteiger partial charge in [-0.15, -0.1) is 0 Å². The molecule has 1 unspecified atom stereocenters. The summed E-state index contributed by atoms with van der Waals surface area (Å²) in [4.78, 5) is 22.6. The van der Waals surface area contributed by atoms with Crippen molar-refractivity contribution in [3.63, 3.8) is 0 Å². The van der Waals surface area contributed by atoms with Gasteiger partial charge in [0, 0.05) is 25.1 Å². The van der Waals surface area contributed by atoms with Gasteiger partial charge < -0.3 is 10.1 Å². The molecule has 0 saturated heterocycles. The van der Waals surface area contributed by atoms with Crippen LogP contribution in [0.4, 0.5) is 5.69 Å². The molecule has 1 atom stereocenters. The molecule has 27 heavy (non-hydrogen) atoms. The molecule has 6 nitrogen and oxygen atoms in total. The summed E-state index contributed by atoms with van der Waals surface area (Å²) in [5, 5.41) is 13.6. The highest BCUT2D eigenvalue weighted by molar-refractivity contribution is 5.77. The maximum absolute atomic E-state index is 12.4. The van der Waals surface area contributed by atoms with E-state index < -0.39 is 4.92 Å². The predicted octanol–water partition coefficient (Wildman–Crippen LogP) is 3.85. The first-order valence-corrected chi connectivity index (χ1v) is 9.21. The minimum atomic E-state index is -0.414. The average Bonchev–Trinajstić information content (AvgIpc) is 3.52. The fourth-order valence-electron chi connectivity index (χ4n) is 3.31. The number of amides is 1. The fourth-order valence-corrected chi connectivity index (χ4v) is 3.31. The zero-order valence-corrected chi connectivity index (χ0v) is 15.4. The molecule has 1 fully saturated rings. The van der Waals surface area contributed by atoms with Crippen molar-refractivity contribution in [3.05, 3.63) is 69.8 Å². The summed E-state index contributed by atoms with van der Waals surface area (Å²) < 4.78 is 5.21. The topological polar surface area (TPSA) is 81.5 Å². The van der Waals surface area contributed by atoms with Crippen LogP contribution in [0.1, 0.15) is 36.3 Å². The van der Waals surface area contributed by atoms with Crippen LogP contribution in [-0.2, 0) is 11.2 Å². The van der Waals surface area contributed by atoms with E-state index in [9.17, 15) is 14.9 Å². The van der Waals surface area contributed by atoms with E-state index in [4.69, 9.17) is 4.74 Å². The first-order chi connectivity index (χ1) is 13.1. The van der Waals surface area contributed by atoms with Gasteiger partial charge in [0.1, 0.15) is 5.75 Å². The predicted molar refractivity (Wildman–Crippen MR) is 103 cm³/mol. The number of non-ortho nitro benzene ring substituents is 1. The van der Waals surface area contributed by atoms with Crippen LogP contribution < -0.4 is 10.1 Å². The lowest BCUT2D eigenvalue weighted by molar-refractivity contribution is -0.384. The quantitative estimate of drug-likeness (QED) is 0.538. The molecule has 1 aliphatic carbocycles. The third kappa shape index (κ3) is 5.29. The van der Waals surface area contributed by atoms with E-state index in [0.717, 1.165) is 11.3 Å². The van der Waals surface area contributed by atoms with Crippen molar-refractivity contribution < 1.29 is 14.5 Å². The molecule has 1 amide bonds. The molecule has 0 aromatic heterocycles. The van der Waals surface area contributed by atoms with Crippen molar-refractivity contribution in [2.24, 2.45) is 5.92 Å². The van der Waals surface area contributed by atoms with Gasteiger partial charge >= 0.3 is 0 Å². The summed E-state index contributed by atoms with van der Waals surface area (Å²) >= 11 is 0. The first-order valence-electron chi connectivity index (χ1n) is 9.21. The Balaban J connectivity index is 1.50. The summed E-state index contributed by atoms with van der Waals surface area (Å²) in [5.74, 6) is 1.69. The zero-order valence-electron chi connectivity index (χ0n) is 15.4. The van der Waals surface area contributed by atoms with Crippen LogP contribution in [0.25, 0.3) is 0 Å². The first kappa shape index (κ1) is 18.9. The van der Waals surface area contributed by atoms with Crippen LogP contribution in [0, 0.1) is 16.0 Å². The Bertz CT molecular complexity index is 783. The molecule has 0 radical (unpaired) electrons. The molecule has 6 heteroatoms. The Labute approximate surface area is 158 Å². The molecule has 2 aromatic carbocycles. The number of nitrogens with one attached hydrogen (secondary N) is 1. The largest absolute Gasteiger partial charge is 0.497 e. The van der Waals surface area contributed by atoms with Gasteiger partial charge in [0.25, 0.3) is 5.69 Å². The molecule has 0 spiro atoms. The monoisotopic (exact) mass is 368 g/mol. The number of hydrogen-bond donors (Lipinski definition) is 1. The van der Waals surface area contributed by atoms with Gasteiger partial charge in [-0.1, -0.05) is 24.3 Å². The van der Waals surface area contributed by atoms with Gasteiger partial charge in [-0.3, -0.25) is 14.9 Å². The minimum Gasteiger partial charge on any atom is -0.497 e. The van der Waals surface area contributed by atoms with Crippen LogP contribution in [0.2, 0.25) is 0 Å². The number of nitrogens with zero attached hydrogens (tertiary/aromatic N) is 1. The Hall–Kier alpha value is -2.89. The Morgan fingerprint density at radius 1 is 1.19 bits per heavy atom. The number of hydrogen-bond acceptors (Lipinski definition) is 4. The van der Waals surface area contributed by atoms with Gasteiger partial charge in [0.05, 0.1) is 12.0 Å². The van der Waals surface area contributed by atoms with Gasteiger partial charge in [-0.2, -0.15) is 0 Å². The number of carbonyl (C=O) groups is 1.